The summed E-state index contributed by atoms with van der Waals surface area (Å²) in [7, 11) is 0. The van der Waals surface area contributed by atoms with Gasteiger partial charge in [0, 0.05) is 12.3 Å². The summed E-state index contributed by atoms with van der Waals surface area (Å²) in [6.07, 6.45) is 5.83. The number of carbonyl (C=O) groups excluding carboxylic acids is 2. The minimum Gasteiger partial charge on any atom is -0.370 e. The number of imide groups is 1. The molecular weight excluding hydrogens is 340 g/mol. The second-order valence-electron chi connectivity index (χ2n) is 8.14. The number of rotatable bonds is 3. The van der Waals surface area contributed by atoms with Gasteiger partial charge in [-0.2, -0.15) is 0 Å². The van der Waals surface area contributed by atoms with E-state index in [9.17, 15) is 9.59 Å². The zero-order chi connectivity index (χ0) is 19.0. The molecule has 2 fully saturated rings. The summed E-state index contributed by atoms with van der Waals surface area (Å²) in [6, 6.07) is 5.95. The number of anilines is 1. The van der Waals surface area contributed by atoms with Crippen LogP contribution in [0.2, 0.25) is 0 Å². The predicted molar refractivity (Wildman–Crippen MR) is 103 cm³/mol. The number of benzene rings is 1. The van der Waals surface area contributed by atoms with Gasteiger partial charge in [0.25, 0.3) is 0 Å². The van der Waals surface area contributed by atoms with E-state index in [2.05, 4.69) is 12.1 Å². The van der Waals surface area contributed by atoms with E-state index in [1.807, 2.05) is 26.0 Å². The van der Waals surface area contributed by atoms with Crippen LogP contribution >= 0.6 is 0 Å². The minimum atomic E-state index is -0.222. The molecular formula is C22H29N2O3+. The third kappa shape index (κ3) is 3.58. The van der Waals surface area contributed by atoms with Crippen molar-refractivity contribution in [3.05, 3.63) is 41.1 Å². The lowest BCUT2D eigenvalue weighted by Gasteiger charge is -2.34. The number of morpholine rings is 1. The average molecular weight is 369 g/mol. The van der Waals surface area contributed by atoms with E-state index in [0.29, 0.717) is 6.42 Å². The number of ether oxygens (including phenoxy) is 1. The Labute approximate surface area is 161 Å². The van der Waals surface area contributed by atoms with E-state index in [1.165, 1.54) is 15.5 Å². The van der Waals surface area contributed by atoms with Crippen molar-refractivity contribution >= 4 is 17.5 Å². The van der Waals surface area contributed by atoms with Crippen molar-refractivity contribution in [2.24, 2.45) is 11.8 Å². The van der Waals surface area contributed by atoms with Crippen molar-refractivity contribution in [1.29, 1.82) is 0 Å². The SMILES string of the molecule is Cc1cc(C)cc(N2C(=O)C[C@@H]([C@@H]3CCCC=C3[NH+]3CCOCC3)C2=O)c1. The molecule has 5 nitrogen and oxygen atoms in total. The standard InChI is InChI=1S/C22H28N2O3/c1-15-11-16(2)13-17(12-15)24-21(25)14-19(22(24)26)18-5-3-4-6-20(18)23-7-9-27-10-8-23/h6,11-13,18-19H,3-5,7-10,14H2,1-2H3/p+1/t18-,19-/m0/s1. The van der Waals surface area contributed by atoms with Crippen LogP contribution in [0.3, 0.4) is 0 Å². The number of hydrogen-bond donors (Lipinski definition) is 1. The fraction of sp³-hybridized carbons (Fsp3) is 0.545. The molecule has 1 N–H and O–H groups in total. The topological polar surface area (TPSA) is 51.1 Å². The minimum absolute atomic E-state index is 0.0181. The van der Waals surface area contributed by atoms with Crippen molar-refractivity contribution in [3.8, 4) is 0 Å². The number of hydrogen-bond acceptors (Lipinski definition) is 3. The van der Waals surface area contributed by atoms with E-state index < -0.39 is 0 Å². The fourth-order valence-electron chi connectivity index (χ4n) is 4.95. The van der Waals surface area contributed by atoms with Crippen LogP contribution in [0.25, 0.3) is 0 Å². The predicted octanol–water partition coefficient (Wildman–Crippen LogP) is 1.78. The smallest absolute Gasteiger partial charge is 0.238 e. The van der Waals surface area contributed by atoms with E-state index >= 15 is 0 Å². The Morgan fingerprint density at radius 1 is 1.04 bits per heavy atom. The first-order valence-corrected chi connectivity index (χ1v) is 10.1. The Balaban J connectivity index is 1.60. The van der Waals surface area contributed by atoms with Gasteiger partial charge in [-0.15, -0.1) is 0 Å². The molecule has 2 aliphatic heterocycles. The summed E-state index contributed by atoms with van der Waals surface area (Å²) in [4.78, 5) is 29.0. The number of carbonyl (C=O) groups is 2. The maximum Gasteiger partial charge on any atom is 0.238 e. The lowest BCUT2D eigenvalue weighted by Crippen LogP contribution is -3.13. The monoisotopic (exact) mass is 369 g/mol. The second-order valence-corrected chi connectivity index (χ2v) is 8.14. The number of allylic oxidation sites excluding steroid dienone is 2. The van der Waals surface area contributed by atoms with Gasteiger partial charge < -0.3 is 9.64 Å². The molecule has 2 saturated heterocycles. The highest BCUT2D eigenvalue weighted by atomic mass is 16.5. The van der Waals surface area contributed by atoms with Crippen LogP contribution < -0.4 is 9.80 Å². The molecule has 1 aromatic carbocycles. The van der Waals surface area contributed by atoms with Gasteiger partial charge in [-0.3, -0.25) is 14.5 Å². The summed E-state index contributed by atoms with van der Waals surface area (Å²) in [5.74, 6) is -0.119. The molecule has 144 valence electrons. The summed E-state index contributed by atoms with van der Waals surface area (Å²) in [6.45, 7) is 7.46. The average Bonchev–Trinajstić information content (AvgIpc) is 2.96. The van der Waals surface area contributed by atoms with Gasteiger partial charge in [-0.1, -0.05) is 6.07 Å². The molecule has 0 radical (unpaired) electrons. The Bertz CT molecular complexity index is 760. The van der Waals surface area contributed by atoms with Crippen molar-refractivity contribution in [2.45, 2.75) is 39.5 Å². The maximum absolute atomic E-state index is 13.3. The summed E-state index contributed by atoms with van der Waals surface area (Å²) in [5.41, 5.74) is 4.22. The molecule has 1 aliphatic carbocycles. The second kappa shape index (κ2) is 7.56. The van der Waals surface area contributed by atoms with Crippen LogP contribution in [0.5, 0.6) is 0 Å². The zero-order valence-electron chi connectivity index (χ0n) is 16.3. The third-order valence-corrected chi connectivity index (χ3v) is 6.12. The normalized spacial score (nSPS) is 27.2. The van der Waals surface area contributed by atoms with Crippen molar-refractivity contribution in [1.82, 2.24) is 0 Å². The van der Waals surface area contributed by atoms with Crippen molar-refractivity contribution in [3.63, 3.8) is 0 Å². The highest BCUT2D eigenvalue weighted by Crippen LogP contribution is 2.37. The van der Waals surface area contributed by atoms with Crippen LogP contribution in [0.4, 0.5) is 5.69 Å². The molecule has 0 unspecified atom stereocenters. The highest BCUT2D eigenvalue weighted by Gasteiger charge is 2.47. The van der Waals surface area contributed by atoms with E-state index in [-0.39, 0.29) is 23.7 Å². The molecule has 0 spiro atoms. The molecule has 2 amide bonds. The Kier molecular flexibility index (Phi) is 5.15. The van der Waals surface area contributed by atoms with Crippen LogP contribution in [0.1, 0.15) is 36.8 Å². The molecule has 5 heteroatoms. The fourth-order valence-corrected chi connectivity index (χ4v) is 4.95. The number of quaternary nitrogens is 1. The quantitative estimate of drug-likeness (QED) is 0.827. The van der Waals surface area contributed by atoms with E-state index in [0.717, 1.165) is 62.4 Å². The molecule has 27 heavy (non-hydrogen) atoms. The van der Waals surface area contributed by atoms with Gasteiger partial charge in [-0.05, 0) is 62.4 Å². The maximum atomic E-state index is 13.3. The van der Waals surface area contributed by atoms with Crippen LogP contribution in [0.15, 0.2) is 30.0 Å². The largest absolute Gasteiger partial charge is 0.370 e. The lowest BCUT2D eigenvalue weighted by molar-refractivity contribution is -0.874. The van der Waals surface area contributed by atoms with Crippen LogP contribution in [-0.4, -0.2) is 38.1 Å². The lowest BCUT2D eigenvalue weighted by atomic mass is 9.80. The molecule has 0 saturated carbocycles. The number of nitrogens with one attached hydrogen (secondary N) is 1. The van der Waals surface area contributed by atoms with Gasteiger partial charge in [-0.25, -0.2) is 0 Å². The van der Waals surface area contributed by atoms with Crippen LogP contribution in [0, 0.1) is 25.7 Å². The molecule has 2 atom stereocenters. The Morgan fingerprint density at radius 2 is 1.74 bits per heavy atom. The molecule has 3 aliphatic rings. The van der Waals surface area contributed by atoms with Gasteiger partial charge in [0.05, 0.1) is 24.8 Å². The molecule has 1 aromatic rings. The summed E-state index contributed by atoms with van der Waals surface area (Å²) < 4.78 is 5.51. The number of amides is 2. The molecule has 0 aromatic heterocycles. The first kappa shape index (κ1) is 18.4. The Morgan fingerprint density at radius 3 is 2.44 bits per heavy atom. The van der Waals surface area contributed by atoms with E-state index in [1.54, 1.807) is 0 Å². The van der Waals surface area contributed by atoms with E-state index in [4.69, 9.17) is 4.74 Å². The summed E-state index contributed by atoms with van der Waals surface area (Å²) >= 11 is 0. The van der Waals surface area contributed by atoms with Gasteiger partial charge in [0.1, 0.15) is 18.8 Å². The number of aryl methyl sites for hydroxylation is 2. The van der Waals surface area contributed by atoms with Gasteiger partial charge >= 0.3 is 0 Å². The van der Waals surface area contributed by atoms with Crippen molar-refractivity contribution < 1.29 is 19.2 Å². The van der Waals surface area contributed by atoms with Crippen LogP contribution in [-0.2, 0) is 14.3 Å². The molecule has 2 heterocycles. The molecule has 4 rings (SSSR count). The van der Waals surface area contributed by atoms with Gasteiger partial charge in [0.15, 0.2) is 0 Å². The summed E-state index contributed by atoms with van der Waals surface area (Å²) in [5, 5.41) is 0. The molecule has 0 bridgehead atoms. The number of nitrogens with zero attached hydrogens (tertiary/aromatic N) is 1. The van der Waals surface area contributed by atoms with Gasteiger partial charge in [0.2, 0.25) is 11.8 Å². The Hall–Kier alpha value is -1.98. The zero-order valence-corrected chi connectivity index (χ0v) is 16.3. The first-order chi connectivity index (χ1) is 13.0. The van der Waals surface area contributed by atoms with Crippen molar-refractivity contribution in [2.75, 3.05) is 31.2 Å². The highest BCUT2D eigenvalue weighted by molar-refractivity contribution is 6.21. The third-order valence-electron chi connectivity index (χ3n) is 6.12. The first-order valence-electron chi connectivity index (χ1n) is 10.1.